The van der Waals surface area contributed by atoms with Gasteiger partial charge in [0.25, 0.3) is 0 Å². The molecule has 1 aliphatic rings. The van der Waals surface area contributed by atoms with Gasteiger partial charge >= 0.3 is 0 Å². The minimum Gasteiger partial charge on any atom is -0.343 e. The average Bonchev–Trinajstić information content (AvgIpc) is 3.36. The van der Waals surface area contributed by atoms with Gasteiger partial charge in [0.1, 0.15) is 5.52 Å². The van der Waals surface area contributed by atoms with Crippen LogP contribution >= 0.6 is 11.6 Å². The zero-order chi connectivity index (χ0) is 25.1. The second-order valence-electron chi connectivity index (χ2n) is 9.37. The first-order chi connectivity index (χ1) is 17.5. The number of nitrogens with zero attached hydrogens (tertiary/aromatic N) is 4. The van der Waals surface area contributed by atoms with Gasteiger partial charge in [-0.3, -0.25) is 14.7 Å². The Morgan fingerprint density at radius 3 is 2.67 bits per heavy atom. The van der Waals surface area contributed by atoms with Crippen LogP contribution in [0.2, 0.25) is 5.02 Å². The molecule has 0 radical (unpaired) electrons. The Hall–Kier alpha value is -3.50. The van der Waals surface area contributed by atoms with E-state index < -0.39 is 0 Å². The smallest absolute Gasteiger partial charge is 0.167 e. The maximum atomic E-state index is 13.1. The molecule has 0 amide bonds. The van der Waals surface area contributed by atoms with Crippen LogP contribution in [-0.4, -0.2) is 63.8 Å². The molecule has 4 aromatic rings. The van der Waals surface area contributed by atoms with E-state index in [1.54, 1.807) is 18.7 Å². The maximum Gasteiger partial charge on any atom is 0.167 e. The summed E-state index contributed by atoms with van der Waals surface area (Å²) in [5.41, 5.74) is 6.86. The normalized spacial score (nSPS) is 14.5. The number of Topliss-reactive ketones (excluding diaryl/α,β-unsaturated/α-hetero) is 1. The minimum absolute atomic E-state index is 0.0389. The summed E-state index contributed by atoms with van der Waals surface area (Å²) >= 11 is 6.61. The molecule has 2 aromatic heterocycles. The number of carbonyl (C=O) groups excluding carboxylic acids is 1. The summed E-state index contributed by atoms with van der Waals surface area (Å²) < 4.78 is 0. The van der Waals surface area contributed by atoms with Crippen molar-refractivity contribution < 1.29 is 4.79 Å². The number of likely N-dealkylation sites (N-methyl/N-ethyl adjacent to an activating group) is 1. The van der Waals surface area contributed by atoms with E-state index in [0.717, 1.165) is 76.6 Å². The number of halogens is 1. The molecule has 0 atom stereocenters. The number of piperazine rings is 1. The number of hydrogen-bond donors (Lipinski definition) is 1. The lowest BCUT2D eigenvalue weighted by molar-refractivity contribution is 0.0993. The van der Waals surface area contributed by atoms with E-state index >= 15 is 0 Å². The predicted molar refractivity (Wildman–Crippen MR) is 143 cm³/mol. The van der Waals surface area contributed by atoms with Crippen LogP contribution in [0.3, 0.4) is 0 Å². The van der Waals surface area contributed by atoms with E-state index in [-0.39, 0.29) is 5.78 Å². The molecule has 0 spiro atoms. The Bertz CT molecular complexity index is 1470. The summed E-state index contributed by atoms with van der Waals surface area (Å²) in [6, 6.07) is 11.7. The molecule has 6 nitrogen and oxygen atoms in total. The Labute approximate surface area is 216 Å². The van der Waals surface area contributed by atoms with Gasteiger partial charge in [-0.05, 0) is 42.8 Å². The van der Waals surface area contributed by atoms with Crippen molar-refractivity contribution in [2.45, 2.75) is 19.9 Å². The van der Waals surface area contributed by atoms with E-state index in [1.165, 1.54) is 0 Å². The average molecular weight is 498 g/mol. The number of aromatic nitrogens is 3. The predicted octanol–water partition coefficient (Wildman–Crippen LogP) is 4.49. The molecule has 5 rings (SSSR count). The van der Waals surface area contributed by atoms with Crippen LogP contribution < -0.4 is 0 Å². The van der Waals surface area contributed by atoms with Crippen molar-refractivity contribution in [3.05, 3.63) is 93.5 Å². The molecule has 7 heteroatoms. The Kier molecular flexibility index (Phi) is 7.15. The van der Waals surface area contributed by atoms with Gasteiger partial charge in [-0.1, -0.05) is 47.7 Å². The third kappa shape index (κ3) is 5.50. The lowest BCUT2D eigenvalue weighted by atomic mass is 9.98. The SMILES string of the molecule is Cc1ccc(C(=O)Cc2ccc(CN3CCN(C)CC3)c(Cl)c2)cc1C#Cc1cncc2[nH]cnc12. The van der Waals surface area contributed by atoms with E-state index in [1.807, 2.05) is 37.3 Å². The quantitative estimate of drug-likeness (QED) is 0.325. The first-order valence-corrected chi connectivity index (χ1v) is 12.5. The van der Waals surface area contributed by atoms with Crippen molar-refractivity contribution in [2.75, 3.05) is 33.2 Å². The molecule has 36 heavy (non-hydrogen) atoms. The van der Waals surface area contributed by atoms with Gasteiger partial charge in [0, 0.05) is 61.5 Å². The number of benzene rings is 2. The highest BCUT2D eigenvalue weighted by atomic mass is 35.5. The lowest BCUT2D eigenvalue weighted by Crippen LogP contribution is -2.43. The number of rotatable bonds is 5. The number of aromatic amines is 1. The van der Waals surface area contributed by atoms with Crippen molar-refractivity contribution >= 4 is 28.4 Å². The van der Waals surface area contributed by atoms with Gasteiger partial charge in [0.15, 0.2) is 5.78 Å². The molecule has 2 aromatic carbocycles. The topological polar surface area (TPSA) is 65.1 Å². The van der Waals surface area contributed by atoms with Crippen molar-refractivity contribution in [3.63, 3.8) is 0 Å². The number of ketones is 1. The maximum absolute atomic E-state index is 13.1. The molecule has 182 valence electrons. The van der Waals surface area contributed by atoms with Crippen LogP contribution in [-0.2, 0) is 13.0 Å². The lowest BCUT2D eigenvalue weighted by Gasteiger charge is -2.32. The highest BCUT2D eigenvalue weighted by Gasteiger charge is 2.16. The fraction of sp³-hybridized carbons (Fsp3) is 0.276. The number of nitrogens with one attached hydrogen (secondary N) is 1. The third-order valence-electron chi connectivity index (χ3n) is 6.69. The largest absolute Gasteiger partial charge is 0.343 e. The molecule has 1 N–H and O–H groups in total. The summed E-state index contributed by atoms with van der Waals surface area (Å²) in [6.45, 7) is 7.05. The van der Waals surface area contributed by atoms with Crippen LogP contribution in [0.4, 0.5) is 0 Å². The first-order valence-electron chi connectivity index (χ1n) is 12.1. The molecule has 0 saturated carbocycles. The van der Waals surface area contributed by atoms with E-state index in [0.29, 0.717) is 12.0 Å². The van der Waals surface area contributed by atoms with Gasteiger partial charge < -0.3 is 9.88 Å². The van der Waals surface area contributed by atoms with Crippen molar-refractivity contribution in [3.8, 4) is 11.8 Å². The third-order valence-corrected chi connectivity index (χ3v) is 7.05. The number of aryl methyl sites for hydroxylation is 1. The molecule has 1 saturated heterocycles. The van der Waals surface area contributed by atoms with Gasteiger partial charge in [0.2, 0.25) is 0 Å². The molecule has 3 heterocycles. The minimum atomic E-state index is 0.0389. The Morgan fingerprint density at radius 1 is 1.06 bits per heavy atom. The number of hydrogen-bond acceptors (Lipinski definition) is 5. The second-order valence-corrected chi connectivity index (χ2v) is 9.78. The highest BCUT2D eigenvalue weighted by Crippen LogP contribution is 2.22. The van der Waals surface area contributed by atoms with Gasteiger partial charge in [-0.15, -0.1) is 0 Å². The molecule has 0 unspecified atom stereocenters. The van der Waals surface area contributed by atoms with Crippen LogP contribution in [0, 0.1) is 18.8 Å². The van der Waals surface area contributed by atoms with E-state index in [4.69, 9.17) is 11.6 Å². The Balaban J connectivity index is 1.29. The summed E-state index contributed by atoms with van der Waals surface area (Å²) in [7, 11) is 2.15. The van der Waals surface area contributed by atoms with Crippen molar-refractivity contribution in [1.82, 2.24) is 24.8 Å². The molecule has 0 bridgehead atoms. The van der Waals surface area contributed by atoms with Crippen molar-refractivity contribution in [2.24, 2.45) is 0 Å². The zero-order valence-electron chi connectivity index (χ0n) is 20.5. The number of H-pyrrole nitrogens is 1. The standard InChI is InChI=1S/C29H28ClN5O/c1-20-3-5-23(15-22(20)7-8-24-16-31-17-27-29(24)33-19-32-27)28(36)14-21-4-6-25(26(30)13-21)18-35-11-9-34(2)10-12-35/h3-6,13,15-17,19H,9-12,14,18H2,1-2H3,(H,32,33). The molecular formula is C29H28ClN5O. The fourth-order valence-corrected chi connectivity index (χ4v) is 4.65. The van der Waals surface area contributed by atoms with Crippen LogP contribution in [0.1, 0.15) is 38.2 Å². The molecule has 0 aliphatic carbocycles. The number of carbonyl (C=O) groups is 1. The second kappa shape index (κ2) is 10.6. The van der Waals surface area contributed by atoms with Crippen LogP contribution in [0.15, 0.2) is 55.1 Å². The molecule has 1 fully saturated rings. The molecule has 1 aliphatic heterocycles. The number of fused-ring (bicyclic) bond motifs is 1. The van der Waals surface area contributed by atoms with E-state index in [9.17, 15) is 4.79 Å². The first kappa shape index (κ1) is 24.2. The Morgan fingerprint density at radius 2 is 1.86 bits per heavy atom. The van der Waals surface area contributed by atoms with Gasteiger partial charge in [-0.25, -0.2) is 4.98 Å². The molecular weight excluding hydrogens is 470 g/mol. The van der Waals surface area contributed by atoms with Crippen LogP contribution in [0.25, 0.3) is 11.0 Å². The van der Waals surface area contributed by atoms with Gasteiger partial charge in [0.05, 0.1) is 23.6 Å². The van der Waals surface area contributed by atoms with E-state index in [2.05, 4.69) is 49.7 Å². The van der Waals surface area contributed by atoms with Gasteiger partial charge in [-0.2, -0.15) is 0 Å². The number of imidazole rings is 1. The number of pyridine rings is 1. The summed E-state index contributed by atoms with van der Waals surface area (Å²) in [5.74, 6) is 6.41. The summed E-state index contributed by atoms with van der Waals surface area (Å²) in [5, 5.41) is 0.718. The van der Waals surface area contributed by atoms with Crippen molar-refractivity contribution in [1.29, 1.82) is 0 Å². The monoisotopic (exact) mass is 497 g/mol. The van der Waals surface area contributed by atoms with Crippen LogP contribution in [0.5, 0.6) is 0 Å². The zero-order valence-corrected chi connectivity index (χ0v) is 21.3. The highest BCUT2D eigenvalue weighted by molar-refractivity contribution is 6.31. The fourth-order valence-electron chi connectivity index (χ4n) is 4.38. The summed E-state index contributed by atoms with van der Waals surface area (Å²) in [4.78, 5) is 29.5. The summed E-state index contributed by atoms with van der Waals surface area (Å²) in [6.07, 6.45) is 5.36.